The Morgan fingerprint density at radius 3 is 2.71 bits per heavy atom. The van der Waals surface area contributed by atoms with Gasteiger partial charge in [-0.25, -0.2) is 10.5 Å². The van der Waals surface area contributed by atoms with Gasteiger partial charge in [-0.05, 0) is 12.1 Å². The molecule has 0 saturated heterocycles. The molecule has 94 valence electrons. The molecule has 0 fully saturated rings. The van der Waals surface area contributed by atoms with Gasteiger partial charge in [0, 0.05) is 27.4 Å². The minimum atomic E-state index is -0.320. The Hall–Kier alpha value is -1.66. The number of pyridine rings is 1. The van der Waals surface area contributed by atoms with Gasteiger partial charge in [0.05, 0.1) is 18.8 Å². The lowest BCUT2D eigenvalue weighted by Gasteiger charge is -2.11. The monoisotopic (exact) mass is 239 g/mol. The first-order valence-electron chi connectivity index (χ1n) is 5.19. The maximum absolute atomic E-state index is 11.6. The number of nitrogens with zero attached hydrogens (tertiary/aromatic N) is 2. The number of amides is 1. The van der Waals surface area contributed by atoms with Gasteiger partial charge in [0.2, 0.25) is 0 Å². The van der Waals surface area contributed by atoms with E-state index in [0.29, 0.717) is 18.8 Å². The summed E-state index contributed by atoms with van der Waals surface area (Å²) in [7, 11) is 5.33. The summed E-state index contributed by atoms with van der Waals surface area (Å²) in [5.74, 6) is 0.473. The molecule has 0 spiro atoms. The Kier molecular flexibility index (Phi) is 5.38. The number of ether oxygens (including phenoxy) is 1. The highest BCUT2D eigenvalue weighted by Crippen LogP contribution is 2.07. The number of aromatic nitrogens is 1. The summed E-state index contributed by atoms with van der Waals surface area (Å²) in [4.78, 5) is 22.5. The number of hydrogen-bond acceptors (Lipinski definition) is 5. The van der Waals surface area contributed by atoms with Crippen LogP contribution < -0.4 is 10.4 Å². The van der Waals surface area contributed by atoms with Crippen LogP contribution in [0.4, 0.5) is 5.82 Å². The van der Waals surface area contributed by atoms with Crippen molar-refractivity contribution < 1.29 is 14.4 Å². The van der Waals surface area contributed by atoms with Crippen LogP contribution in [-0.4, -0.2) is 45.3 Å². The van der Waals surface area contributed by atoms with Gasteiger partial charge in [-0.1, -0.05) is 0 Å². The summed E-state index contributed by atoms with van der Waals surface area (Å²) in [6, 6.07) is 3.46. The Labute approximate surface area is 100 Å². The molecule has 1 aromatic rings. The van der Waals surface area contributed by atoms with E-state index in [2.05, 4.69) is 10.5 Å². The smallest absolute Gasteiger partial charge is 0.276 e. The number of hydrogen-bond donors (Lipinski definition) is 1. The molecule has 0 aliphatic rings. The molecule has 0 saturated carbocycles. The number of carbonyl (C=O) groups excluding carboxylic acids is 1. The molecule has 1 N–H and O–H groups in total. The number of carbonyl (C=O) groups is 1. The fraction of sp³-hybridized carbons (Fsp3) is 0.455. The number of nitrogens with one attached hydrogen (secondary N) is 1. The van der Waals surface area contributed by atoms with Crippen LogP contribution in [-0.2, 0) is 9.57 Å². The van der Waals surface area contributed by atoms with Gasteiger partial charge in [-0.3, -0.25) is 9.63 Å². The minimum absolute atomic E-state index is 0.311. The van der Waals surface area contributed by atoms with Crippen LogP contribution in [0.3, 0.4) is 0 Å². The number of anilines is 1. The molecule has 1 heterocycles. The van der Waals surface area contributed by atoms with Crippen molar-refractivity contribution in [3.63, 3.8) is 0 Å². The summed E-state index contributed by atoms with van der Waals surface area (Å²) < 4.78 is 4.78. The number of rotatable bonds is 6. The van der Waals surface area contributed by atoms with Gasteiger partial charge < -0.3 is 9.64 Å². The van der Waals surface area contributed by atoms with Crippen molar-refractivity contribution in [2.45, 2.75) is 0 Å². The second-order valence-corrected chi connectivity index (χ2v) is 3.57. The third-order valence-corrected chi connectivity index (χ3v) is 2.02. The normalized spacial score (nSPS) is 10.1. The largest absolute Gasteiger partial charge is 0.382 e. The molecule has 6 nitrogen and oxygen atoms in total. The molecule has 1 rings (SSSR count). The summed E-state index contributed by atoms with van der Waals surface area (Å²) in [5.41, 5.74) is 2.76. The van der Waals surface area contributed by atoms with Gasteiger partial charge in [0.1, 0.15) is 5.82 Å². The number of hydroxylamine groups is 1. The molecule has 6 heteroatoms. The molecule has 0 aliphatic heterocycles. The Bertz CT molecular complexity index is 351. The molecule has 0 bridgehead atoms. The lowest BCUT2D eigenvalue weighted by Crippen LogP contribution is -2.25. The van der Waals surface area contributed by atoms with Gasteiger partial charge >= 0.3 is 0 Å². The highest BCUT2D eigenvalue weighted by atomic mass is 16.7. The van der Waals surface area contributed by atoms with Crippen molar-refractivity contribution in [3.8, 4) is 0 Å². The fourth-order valence-electron chi connectivity index (χ4n) is 1.09. The Morgan fingerprint density at radius 1 is 1.41 bits per heavy atom. The molecular formula is C11H17N3O3. The average Bonchev–Trinajstić information content (AvgIpc) is 2.34. The molecule has 0 aliphatic carbocycles. The van der Waals surface area contributed by atoms with Crippen LogP contribution in [0.15, 0.2) is 18.3 Å². The van der Waals surface area contributed by atoms with Crippen molar-refractivity contribution in [1.82, 2.24) is 10.5 Å². The fourth-order valence-corrected chi connectivity index (χ4v) is 1.09. The predicted octanol–water partition coefficient (Wildman–Crippen LogP) is 0.455. The molecule has 0 unspecified atom stereocenters. The third kappa shape index (κ3) is 4.38. The van der Waals surface area contributed by atoms with Crippen LogP contribution in [0.25, 0.3) is 0 Å². The van der Waals surface area contributed by atoms with Crippen LogP contribution in [0.1, 0.15) is 10.4 Å². The van der Waals surface area contributed by atoms with Gasteiger partial charge in [0.25, 0.3) is 5.91 Å². The predicted molar refractivity (Wildman–Crippen MR) is 63.9 cm³/mol. The standard InChI is InChI=1S/C11H17N3O3/c1-14(2)10-5-4-9(8-12-10)11(15)13-17-7-6-16-3/h4-5,8H,6-7H2,1-3H3,(H,13,15). The first-order chi connectivity index (χ1) is 8.15. The maximum Gasteiger partial charge on any atom is 0.276 e. The molecule has 0 aromatic carbocycles. The molecule has 17 heavy (non-hydrogen) atoms. The lowest BCUT2D eigenvalue weighted by molar-refractivity contribution is 0.00887. The summed E-state index contributed by atoms with van der Waals surface area (Å²) in [5, 5.41) is 0. The Morgan fingerprint density at radius 2 is 2.18 bits per heavy atom. The van der Waals surface area contributed by atoms with Crippen molar-refractivity contribution in [2.24, 2.45) is 0 Å². The first-order valence-corrected chi connectivity index (χ1v) is 5.19. The molecule has 0 atom stereocenters. The van der Waals surface area contributed by atoms with E-state index in [9.17, 15) is 4.79 Å². The zero-order valence-electron chi connectivity index (χ0n) is 10.3. The van der Waals surface area contributed by atoms with E-state index in [0.717, 1.165) is 5.82 Å². The van der Waals surface area contributed by atoms with Gasteiger partial charge in [-0.2, -0.15) is 0 Å². The SMILES string of the molecule is COCCONC(=O)c1ccc(N(C)C)nc1. The average molecular weight is 239 g/mol. The summed E-state index contributed by atoms with van der Waals surface area (Å²) in [6.07, 6.45) is 1.50. The van der Waals surface area contributed by atoms with E-state index in [1.165, 1.54) is 6.20 Å². The third-order valence-electron chi connectivity index (χ3n) is 2.02. The van der Waals surface area contributed by atoms with Gasteiger partial charge in [0.15, 0.2) is 0 Å². The van der Waals surface area contributed by atoms with E-state index in [1.54, 1.807) is 19.2 Å². The first kappa shape index (κ1) is 13.4. The summed E-state index contributed by atoms with van der Waals surface area (Å²) >= 11 is 0. The molecule has 1 amide bonds. The lowest BCUT2D eigenvalue weighted by atomic mass is 10.3. The van der Waals surface area contributed by atoms with E-state index in [4.69, 9.17) is 9.57 Å². The molecular weight excluding hydrogens is 222 g/mol. The van der Waals surface area contributed by atoms with E-state index >= 15 is 0 Å². The van der Waals surface area contributed by atoms with Crippen LogP contribution in [0.5, 0.6) is 0 Å². The van der Waals surface area contributed by atoms with E-state index < -0.39 is 0 Å². The Balaban J connectivity index is 2.46. The van der Waals surface area contributed by atoms with E-state index in [-0.39, 0.29) is 5.91 Å². The van der Waals surface area contributed by atoms with Crippen molar-refractivity contribution >= 4 is 11.7 Å². The van der Waals surface area contributed by atoms with E-state index in [1.807, 2.05) is 19.0 Å². The van der Waals surface area contributed by atoms with Gasteiger partial charge in [-0.15, -0.1) is 0 Å². The van der Waals surface area contributed by atoms with Crippen LogP contribution in [0.2, 0.25) is 0 Å². The van der Waals surface area contributed by atoms with Crippen LogP contribution in [0, 0.1) is 0 Å². The second-order valence-electron chi connectivity index (χ2n) is 3.57. The zero-order chi connectivity index (χ0) is 12.7. The topological polar surface area (TPSA) is 63.7 Å². The quantitative estimate of drug-likeness (QED) is 0.577. The van der Waals surface area contributed by atoms with Crippen molar-refractivity contribution in [1.29, 1.82) is 0 Å². The highest BCUT2D eigenvalue weighted by molar-refractivity contribution is 5.93. The summed E-state index contributed by atoms with van der Waals surface area (Å²) in [6.45, 7) is 0.740. The highest BCUT2D eigenvalue weighted by Gasteiger charge is 2.06. The maximum atomic E-state index is 11.6. The second kappa shape index (κ2) is 6.82. The molecule has 0 radical (unpaired) electrons. The van der Waals surface area contributed by atoms with Crippen molar-refractivity contribution in [3.05, 3.63) is 23.9 Å². The van der Waals surface area contributed by atoms with Crippen LogP contribution >= 0.6 is 0 Å². The van der Waals surface area contributed by atoms with Crippen molar-refractivity contribution in [2.75, 3.05) is 39.3 Å². The minimum Gasteiger partial charge on any atom is -0.382 e. The molecule has 1 aromatic heterocycles. The zero-order valence-corrected chi connectivity index (χ0v) is 10.3. The number of methoxy groups -OCH3 is 1.